The fourth-order valence-electron chi connectivity index (χ4n) is 5.90. The fraction of sp³-hybridized carbons (Fsp3) is 0.462. The Morgan fingerprint density at radius 1 is 1.13 bits per heavy atom. The van der Waals surface area contributed by atoms with Crippen LogP contribution in [0.15, 0.2) is 49.2 Å². The van der Waals surface area contributed by atoms with Crippen LogP contribution in [-0.2, 0) is 16.8 Å². The summed E-state index contributed by atoms with van der Waals surface area (Å²) in [5.41, 5.74) is 11.2. The van der Waals surface area contributed by atoms with Crippen LogP contribution in [0.5, 0.6) is 0 Å². The lowest BCUT2D eigenvalue weighted by molar-refractivity contribution is -0.138. The molecule has 3 heterocycles. The third kappa shape index (κ3) is 3.87. The fourth-order valence-corrected chi connectivity index (χ4v) is 5.90. The monoisotopic (exact) mass is 416 g/mol. The van der Waals surface area contributed by atoms with Crippen LogP contribution in [0.4, 0.5) is 5.82 Å². The highest BCUT2D eigenvalue weighted by molar-refractivity contribution is 5.79. The molecular weight excluding hydrogens is 384 g/mol. The summed E-state index contributed by atoms with van der Waals surface area (Å²) in [6.45, 7) is 8.86. The molecule has 0 bridgehead atoms. The minimum atomic E-state index is 0.165. The molecule has 1 aromatic heterocycles. The lowest BCUT2D eigenvalue weighted by atomic mass is 9.73. The second-order valence-corrected chi connectivity index (χ2v) is 9.57. The number of nitrogen functional groups attached to an aromatic ring is 1. The third-order valence-electron chi connectivity index (χ3n) is 7.65. The van der Waals surface area contributed by atoms with Crippen molar-refractivity contribution >= 4 is 17.3 Å². The van der Waals surface area contributed by atoms with Crippen LogP contribution in [0.3, 0.4) is 0 Å². The van der Waals surface area contributed by atoms with E-state index in [9.17, 15) is 4.79 Å². The molecule has 0 radical (unpaired) electrons. The molecule has 5 rings (SSSR count). The zero-order chi connectivity index (χ0) is 21.4. The van der Waals surface area contributed by atoms with Gasteiger partial charge in [0.2, 0.25) is 5.91 Å². The van der Waals surface area contributed by atoms with Crippen LogP contribution in [0.1, 0.15) is 48.8 Å². The molecule has 1 aromatic carbocycles. The molecule has 1 aliphatic carbocycles. The minimum Gasteiger partial charge on any atom is -0.384 e. The molecule has 31 heavy (non-hydrogen) atoms. The van der Waals surface area contributed by atoms with Gasteiger partial charge in [-0.2, -0.15) is 0 Å². The van der Waals surface area contributed by atoms with Gasteiger partial charge in [-0.3, -0.25) is 9.69 Å². The van der Waals surface area contributed by atoms with E-state index in [1.807, 2.05) is 12.1 Å². The number of hydrogen-bond donors (Lipinski definition) is 1. The summed E-state index contributed by atoms with van der Waals surface area (Å²) in [6.07, 6.45) is 6.81. The molecular formula is C26H32N4O. The smallest absolute Gasteiger partial charge is 0.225 e. The van der Waals surface area contributed by atoms with Gasteiger partial charge in [0.15, 0.2) is 0 Å². The first-order chi connectivity index (χ1) is 15.0. The van der Waals surface area contributed by atoms with Gasteiger partial charge in [0.25, 0.3) is 0 Å². The van der Waals surface area contributed by atoms with E-state index in [1.54, 1.807) is 6.20 Å². The van der Waals surface area contributed by atoms with E-state index >= 15 is 0 Å². The van der Waals surface area contributed by atoms with E-state index in [1.165, 1.54) is 22.3 Å². The Morgan fingerprint density at radius 2 is 1.87 bits per heavy atom. The number of nitrogens with two attached hydrogens (primary N) is 1. The van der Waals surface area contributed by atoms with Crippen molar-refractivity contribution in [3.05, 3.63) is 65.9 Å². The average molecular weight is 417 g/mol. The summed E-state index contributed by atoms with van der Waals surface area (Å²) in [5, 5.41) is 0. The molecule has 3 aliphatic rings. The number of hydrogen-bond acceptors (Lipinski definition) is 4. The van der Waals surface area contributed by atoms with Gasteiger partial charge in [-0.15, -0.1) is 0 Å². The Morgan fingerprint density at radius 3 is 2.61 bits per heavy atom. The maximum atomic E-state index is 13.2. The van der Waals surface area contributed by atoms with E-state index in [-0.39, 0.29) is 11.3 Å². The lowest BCUT2D eigenvalue weighted by Gasteiger charge is -2.42. The molecule has 5 nitrogen and oxygen atoms in total. The Labute approximate surface area is 184 Å². The van der Waals surface area contributed by atoms with Crippen molar-refractivity contribution in [2.45, 2.75) is 44.1 Å². The van der Waals surface area contributed by atoms with Gasteiger partial charge in [0.05, 0.1) is 0 Å². The second-order valence-electron chi connectivity index (χ2n) is 9.57. The number of carbonyl (C=O) groups excluding carboxylic acids is 1. The molecule has 2 aliphatic heterocycles. The molecule has 0 saturated carbocycles. The highest BCUT2D eigenvalue weighted by Gasteiger charge is 2.43. The van der Waals surface area contributed by atoms with Crippen molar-refractivity contribution in [2.24, 2.45) is 5.92 Å². The van der Waals surface area contributed by atoms with E-state index in [0.717, 1.165) is 64.8 Å². The first-order valence-electron chi connectivity index (χ1n) is 11.5. The second kappa shape index (κ2) is 8.12. The van der Waals surface area contributed by atoms with Crippen LogP contribution in [0.2, 0.25) is 0 Å². The van der Waals surface area contributed by atoms with Crippen LogP contribution < -0.4 is 5.73 Å². The maximum absolute atomic E-state index is 13.2. The van der Waals surface area contributed by atoms with Crippen molar-refractivity contribution in [3.8, 4) is 0 Å². The average Bonchev–Trinajstić information content (AvgIpc) is 3.06. The summed E-state index contributed by atoms with van der Waals surface area (Å²) < 4.78 is 0. The number of amides is 1. The molecule has 2 N–H and O–H groups in total. The van der Waals surface area contributed by atoms with Crippen LogP contribution >= 0.6 is 0 Å². The maximum Gasteiger partial charge on any atom is 0.225 e. The van der Waals surface area contributed by atoms with Crippen LogP contribution in [0.25, 0.3) is 5.57 Å². The molecule has 0 atom stereocenters. The first kappa shape index (κ1) is 20.3. The van der Waals surface area contributed by atoms with Crippen LogP contribution in [-0.4, -0.2) is 46.9 Å². The molecule has 2 saturated heterocycles. The van der Waals surface area contributed by atoms with Gasteiger partial charge in [-0.05, 0) is 79.6 Å². The lowest BCUT2D eigenvalue weighted by Crippen LogP contribution is -2.48. The molecule has 5 heteroatoms. The van der Waals surface area contributed by atoms with Crippen molar-refractivity contribution in [3.63, 3.8) is 0 Å². The number of piperidine rings is 2. The number of pyridine rings is 1. The quantitative estimate of drug-likeness (QED) is 0.825. The third-order valence-corrected chi connectivity index (χ3v) is 7.65. The van der Waals surface area contributed by atoms with Gasteiger partial charge in [0.1, 0.15) is 5.82 Å². The number of benzene rings is 1. The predicted octanol–water partition coefficient (Wildman–Crippen LogP) is 3.85. The Balaban J connectivity index is 1.16. The van der Waals surface area contributed by atoms with Crippen molar-refractivity contribution in [1.82, 2.24) is 14.8 Å². The molecule has 2 aromatic rings. The Kier molecular flexibility index (Phi) is 5.30. The summed E-state index contributed by atoms with van der Waals surface area (Å²) in [4.78, 5) is 21.9. The number of rotatable bonds is 3. The zero-order valence-corrected chi connectivity index (χ0v) is 18.2. The molecule has 1 amide bonds. The number of nitrogens with zero attached hydrogens (tertiary/aromatic N) is 3. The van der Waals surface area contributed by atoms with Gasteiger partial charge in [-0.25, -0.2) is 4.98 Å². The number of carbonyl (C=O) groups is 1. The number of allylic oxidation sites excluding steroid dienone is 1. The molecule has 162 valence electrons. The standard InChI is InChI=1S/C26H32N4O/c1-19-17-26(23-5-3-2-4-22(19)23)9-14-30(15-10-26)25(31)21-7-12-29(13-8-21)18-20-6-11-28-24(27)16-20/h2-6,11,16,21H,1,7-10,12-15,17-18H2,(H2,27,28). The highest BCUT2D eigenvalue weighted by atomic mass is 16.2. The largest absolute Gasteiger partial charge is 0.384 e. The highest BCUT2D eigenvalue weighted by Crippen LogP contribution is 2.50. The van der Waals surface area contributed by atoms with Crippen molar-refractivity contribution < 1.29 is 4.79 Å². The van der Waals surface area contributed by atoms with Gasteiger partial charge in [-0.1, -0.05) is 30.8 Å². The van der Waals surface area contributed by atoms with Gasteiger partial charge < -0.3 is 10.6 Å². The van der Waals surface area contributed by atoms with Gasteiger partial charge >= 0.3 is 0 Å². The Hall–Kier alpha value is -2.66. The summed E-state index contributed by atoms with van der Waals surface area (Å²) in [5.74, 6) is 1.10. The summed E-state index contributed by atoms with van der Waals surface area (Å²) >= 11 is 0. The molecule has 2 fully saturated rings. The first-order valence-corrected chi connectivity index (χ1v) is 11.5. The molecule has 1 spiro atoms. The van der Waals surface area contributed by atoms with E-state index in [4.69, 9.17) is 5.73 Å². The van der Waals surface area contributed by atoms with Crippen molar-refractivity contribution in [2.75, 3.05) is 31.9 Å². The summed E-state index contributed by atoms with van der Waals surface area (Å²) in [7, 11) is 0. The summed E-state index contributed by atoms with van der Waals surface area (Å²) in [6, 6.07) is 12.7. The van der Waals surface area contributed by atoms with E-state index < -0.39 is 0 Å². The predicted molar refractivity (Wildman–Crippen MR) is 124 cm³/mol. The number of aromatic nitrogens is 1. The minimum absolute atomic E-state index is 0.165. The SMILES string of the molecule is C=C1CC2(CCN(C(=O)C3CCN(Cc4ccnc(N)c4)CC3)CC2)c2ccccc21. The van der Waals surface area contributed by atoms with Crippen LogP contribution in [0, 0.1) is 5.92 Å². The number of anilines is 1. The van der Waals surface area contributed by atoms with Crippen molar-refractivity contribution in [1.29, 1.82) is 0 Å². The number of likely N-dealkylation sites (tertiary alicyclic amines) is 2. The Bertz CT molecular complexity index is 984. The topological polar surface area (TPSA) is 62.5 Å². The van der Waals surface area contributed by atoms with E-state index in [2.05, 4.69) is 45.6 Å². The normalized spacial score (nSPS) is 21.4. The van der Waals surface area contributed by atoms with Gasteiger partial charge in [0, 0.05) is 37.2 Å². The number of fused-ring (bicyclic) bond motifs is 2. The zero-order valence-electron chi connectivity index (χ0n) is 18.2. The van der Waals surface area contributed by atoms with E-state index in [0.29, 0.717) is 11.7 Å². The molecule has 0 unspecified atom stereocenters.